The molecule has 0 spiro atoms. The van der Waals surface area contributed by atoms with Crippen molar-refractivity contribution in [3.05, 3.63) is 76.2 Å². The lowest BCUT2D eigenvalue weighted by Gasteiger charge is -2.32. The number of nitrogens with zero attached hydrogens (tertiary/aromatic N) is 1. The van der Waals surface area contributed by atoms with Gasteiger partial charge in [-0.1, -0.05) is 37.1 Å². The van der Waals surface area contributed by atoms with E-state index in [1.165, 1.54) is 42.6 Å². The standard InChI is InChI=1S/C27H29FN2O4S/c1-33-23-14-13-18(16-24(23)34-2)26(27(32)29-19-8-3-4-9-19)30(22-12-6-5-11-21(22)28)25(31)17-20-10-7-15-35-20/h5-7,10-16,19,26H,3-4,8-9,17H2,1-2H3,(H,29,32)/t26-/m1/s1. The van der Waals surface area contributed by atoms with Gasteiger partial charge in [-0.25, -0.2) is 4.39 Å². The average molecular weight is 497 g/mol. The molecule has 2 amide bonds. The van der Waals surface area contributed by atoms with Crippen molar-refractivity contribution in [2.24, 2.45) is 0 Å². The van der Waals surface area contributed by atoms with Crippen LogP contribution < -0.4 is 19.7 Å². The third-order valence-electron chi connectivity index (χ3n) is 6.22. The van der Waals surface area contributed by atoms with Gasteiger partial charge in [-0.15, -0.1) is 11.3 Å². The summed E-state index contributed by atoms with van der Waals surface area (Å²) in [5, 5.41) is 4.99. The van der Waals surface area contributed by atoms with E-state index in [0.717, 1.165) is 30.6 Å². The Morgan fingerprint density at radius 3 is 2.46 bits per heavy atom. The molecule has 1 atom stereocenters. The fourth-order valence-electron chi connectivity index (χ4n) is 4.50. The minimum Gasteiger partial charge on any atom is -0.493 e. The number of anilines is 1. The van der Waals surface area contributed by atoms with E-state index >= 15 is 4.39 Å². The van der Waals surface area contributed by atoms with Crippen LogP contribution in [0.5, 0.6) is 11.5 Å². The molecular weight excluding hydrogens is 467 g/mol. The lowest BCUT2D eigenvalue weighted by molar-refractivity contribution is -0.127. The first-order valence-electron chi connectivity index (χ1n) is 11.6. The van der Waals surface area contributed by atoms with E-state index in [9.17, 15) is 9.59 Å². The van der Waals surface area contributed by atoms with Crippen LogP contribution in [0.1, 0.15) is 42.2 Å². The molecule has 35 heavy (non-hydrogen) atoms. The first-order valence-corrected chi connectivity index (χ1v) is 12.5. The second kappa shape index (κ2) is 11.4. The molecule has 6 nitrogen and oxygen atoms in total. The van der Waals surface area contributed by atoms with Crippen LogP contribution in [-0.4, -0.2) is 32.1 Å². The van der Waals surface area contributed by atoms with Crippen LogP contribution in [0.25, 0.3) is 0 Å². The van der Waals surface area contributed by atoms with Gasteiger partial charge in [-0.2, -0.15) is 0 Å². The van der Waals surface area contributed by atoms with Crippen LogP contribution in [0.3, 0.4) is 0 Å². The Hall–Kier alpha value is -3.39. The molecule has 0 unspecified atom stereocenters. The number of para-hydroxylation sites is 1. The van der Waals surface area contributed by atoms with Gasteiger partial charge in [0, 0.05) is 10.9 Å². The molecule has 1 fully saturated rings. The maximum atomic E-state index is 15.1. The van der Waals surface area contributed by atoms with E-state index in [-0.39, 0.29) is 30.0 Å². The number of benzene rings is 2. The van der Waals surface area contributed by atoms with Gasteiger partial charge in [-0.05, 0) is 54.1 Å². The zero-order chi connectivity index (χ0) is 24.8. The monoisotopic (exact) mass is 496 g/mol. The lowest BCUT2D eigenvalue weighted by Crippen LogP contribution is -2.47. The molecule has 2 aromatic carbocycles. The van der Waals surface area contributed by atoms with E-state index in [2.05, 4.69) is 5.32 Å². The summed E-state index contributed by atoms with van der Waals surface area (Å²) in [5.41, 5.74) is 0.552. The number of ether oxygens (including phenoxy) is 2. The molecule has 1 aromatic heterocycles. The number of amides is 2. The number of nitrogens with one attached hydrogen (secondary N) is 1. The number of rotatable bonds is 9. The lowest BCUT2D eigenvalue weighted by atomic mass is 10.0. The van der Waals surface area contributed by atoms with E-state index in [0.29, 0.717) is 17.1 Å². The van der Waals surface area contributed by atoms with Crippen LogP contribution in [0.4, 0.5) is 10.1 Å². The van der Waals surface area contributed by atoms with Crippen molar-refractivity contribution >= 4 is 28.8 Å². The second-order valence-corrected chi connectivity index (χ2v) is 9.51. The number of hydrogen-bond acceptors (Lipinski definition) is 5. The van der Waals surface area contributed by atoms with E-state index in [4.69, 9.17) is 9.47 Å². The molecule has 4 rings (SSSR count). The third kappa shape index (κ3) is 5.65. The number of methoxy groups -OCH3 is 2. The minimum absolute atomic E-state index is 0.0278. The fraction of sp³-hybridized carbons (Fsp3) is 0.333. The van der Waals surface area contributed by atoms with Crippen molar-refractivity contribution in [3.8, 4) is 11.5 Å². The van der Waals surface area contributed by atoms with Gasteiger partial charge in [0.1, 0.15) is 11.9 Å². The summed E-state index contributed by atoms with van der Waals surface area (Å²) in [4.78, 5) is 29.6. The first kappa shape index (κ1) is 24.7. The SMILES string of the molecule is COc1ccc([C@H](C(=O)NC2CCCC2)N(C(=O)Cc2cccs2)c2ccccc2F)cc1OC. The normalized spacial score (nSPS) is 14.4. The highest BCUT2D eigenvalue weighted by atomic mass is 32.1. The Labute approximate surface area is 208 Å². The molecule has 0 radical (unpaired) electrons. The number of halogens is 1. The van der Waals surface area contributed by atoms with Gasteiger partial charge in [0.2, 0.25) is 11.8 Å². The van der Waals surface area contributed by atoms with Crippen LogP contribution >= 0.6 is 11.3 Å². The molecule has 1 heterocycles. The largest absolute Gasteiger partial charge is 0.493 e. The summed E-state index contributed by atoms with van der Waals surface area (Å²) >= 11 is 1.44. The van der Waals surface area contributed by atoms with Gasteiger partial charge >= 0.3 is 0 Å². The number of carbonyl (C=O) groups is 2. The van der Waals surface area contributed by atoms with Gasteiger partial charge in [0.05, 0.1) is 26.3 Å². The Morgan fingerprint density at radius 1 is 1.06 bits per heavy atom. The Kier molecular flexibility index (Phi) is 8.02. The summed E-state index contributed by atoms with van der Waals surface area (Å²) < 4.78 is 25.9. The molecule has 184 valence electrons. The van der Waals surface area contributed by atoms with Crippen LogP contribution in [-0.2, 0) is 16.0 Å². The molecule has 8 heteroatoms. The van der Waals surface area contributed by atoms with E-state index in [1.807, 2.05) is 17.5 Å². The third-order valence-corrected chi connectivity index (χ3v) is 7.09. The van der Waals surface area contributed by atoms with Gasteiger partial charge in [-0.3, -0.25) is 14.5 Å². The van der Waals surface area contributed by atoms with Crippen LogP contribution in [0, 0.1) is 5.82 Å². The minimum atomic E-state index is -1.10. The number of hydrogen-bond donors (Lipinski definition) is 1. The van der Waals surface area contributed by atoms with Crippen molar-refractivity contribution in [3.63, 3.8) is 0 Å². The Morgan fingerprint density at radius 2 is 1.80 bits per heavy atom. The van der Waals surface area contributed by atoms with Crippen molar-refractivity contribution in [2.75, 3.05) is 19.1 Å². The van der Waals surface area contributed by atoms with E-state index < -0.39 is 11.9 Å². The number of thiophene rings is 1. The molecule has 1 aliphatic carbocycles. The van der Waals surface area contributed by atoms with Crippen molar-refractivity contribution in [2.45, 2.75) is 44.2 Å². The van der Waals surface area contributed by atoms with E-state index in [1.54, 1.807) is 30.3 Å². The zero-order valence-electron chi connectivity index (χ0n) is 19.8. The van der Waals surface area contributed by atoms with Gasteiger partial charge < -0.3 is 14.8 Å². The molecular formula is C27H29FN2O4S. The maximum absolute atomic E-state index is 15.1. The van der Waals surface area contributed by atoms with Crippen LogP contribution in [0.15, 0.2) is 60.0 Å². The topological polar surface area (TPSA) is 67.9 Å². The van der Waals surface area contributed by atoms with Gasteiger partial charge in [0.15, 0.2) is 11.5 Å². The van der Waals surface area contributed by atoms with Crippen molar-refractivity contribution in [1.29, 1.82) is 0 Å². The molecule has 0 aliphatic heterocycles. The molecule has 1 aliphatic rings. The van der Waals surface area contributed by atoms with Gasteiger partial charge in [0.25, 0.3) is 0 Å². The fourth-order valence-corrected chi connectivity index (χ4v) is 5.20. The predicted molar refractivity (Wildman–Crippen MR) is 135 cm³/mol. The molecule has 1 N–H and O–H groups in total. The second-order valence-electron chi connectivity index (χ2n) is 8.48. The quantitative estimate of drug-likeness (QED) is 0.438. The molecule has 3 aromatic rings. The highest BCUT2D eigenvalue weighted by molar-refractivity contribution is 7.10. The first-order chi connectivity index (χ1) is 17.0. The summed E-state index contributed by atoms with van der Waals surface area (Å²) in [7, 11) is 3.03. The highest BCUT2D eigenvalue weighted by Crippen LogP contribution is 2.36. The smallest absolute Gasteiger partial charge is 0.248 e. The molecule has 0 saturated heterocycles. The van der Waals surface area contributed by atoms with Crippen molar-refractivity contribution < 1.29 is 23.5 Å². The Bertz CT molecular complexity index is 1160. The maximum Gasteiger partial charge on any atom is 0.248 e. The average Bonchev–Trinajstić information content (AvgIpc) is 3.57. The molecule has 1 saturated carbocycles. The summed E-state index contributed by atoms with van der Waals surface area (Å²) in [6.07, 6.45) is 3.90. The summed E-state index contributed by atoms with van der Waals surface area (Å²) in [6, 6.07) is 13.8. The van der Waals surface area contributed by atoms with Crippen LogP contribution in [0.2, 0.25) is 0 Å². The number of carbonyl (C=O) groups excluding carboxylic acids is 2. The Balaban J connectivity index is 1.82. The summed E-state index contributed by atoms with van der Waals surface area (Å²) in [5.74, 6) is -0.395. The predicted octanol–water partition coefficient (Wildman–Crippen LogP) is 5.28. The molecule has 0 bridgehead atoms. The van der Waals surface area contributed by atoms with Crippen molar-refractivity contribution in [1.82, 2.24) is 5.32 Å². The summed E-state index contributed by atoms with van der Waals surface area (Å²) in [6.45, 7) is 0. The zero-order valence-corrected chi connectivity index (χ0v) is 20.6. The highest BCUT2D eigenvalue weighted by Gasteiger charge is 2.36.